The molecule has 0 amide bonds. The minimum absolute atomic E-state index is 0.222. The van der Waals surface area contributed by atoms with Crippen molar-refractivity contribution < 1.29 is 4.74 Å². The summed E-state index contributed by atoms with van der Waals surface area (Å²) in [6.07, 6.45) is 0. The Morgan fingerprint density at radius 2 is 1.80 bits per heavy atom. The van der Waals surface area contributed by atoms with E-state index < -0.39 is 0 Å². The summed E-state index contributed by atoms with van der Waals surface area (Å²) in [5.74, 6) is 1.34. The fourth-order valence-corrected chi connectivity index (χ4v) is 2.64. The van der Waals surface area contributed by atoms with Crippen LogP contribution in [0.15, 0.2) is 59.4 Å². The van der Waals surface area contributed by atoms with Crippen LogP contribution in [-0.4, -0.2) is 20.2 Å². The Morgan fingerprint density at radius 1 is 1.04 bits per heavy atom. The second-order valence-corrected chi connectivity index (χ2v) is 5.50. The van der Waals surface area contributed by atoms with Crippen molar-refractivity contribution in [1.29, 1.82) is 0 Å². The van der Waals surface area contributed by atoms with Gasteiger partial charge in [-0.1, -0.05) is 30.3 Å². The van der Waals surface area contributed by atoms with E-state index in [-0.39, 0.29) is 18.0 Å². The molecule has 2 aromatic carbocycles. The summed E-state index contributed by atoms with van der Waals surface area (Å²) >= 11 is 0. The van der Waals surface area contributed by atoms with Crippen LogP contribution in [0.2, 0.25) is 0 Å². The summed E-state index contributed by atoms with van der Waals surface area (Å²) < 4.78 is 5.74. The number of nitrogens with one attached hydrogen (secondary N) is 2. The van der Waals surface area contributed by atoms with Gasteiger partial charge >= 0.3 is 0 Å². The smallest absolute Gasteiger partial charge is 0.259 e. The quantitative estimate of drug-likeness (QED) is 0.531. The average Bonchev–Trinajstić information content (AvgIpc) is 3.01. The number of aromatic amines is 2. The van der Waals surface area contributed by atoms with Crippen molar-refractivity contribution in [3.05, 3.63) is 70.6 Å². The van der Waals surface area contributed by atoms with Crippen LogP contribution in [0.3, 0.4) is 0 Å². The van der Waals surface area contributed by atoms with E-state index in [9.17, 15) is 4.79 Å². The number of para-hydroxylation sites is 2. The van der Waals surface area contributed by atoms with Gasteiger partial charge in [-0.25, -0.2) is 4.98 Å². The largest absolute Gasteiger partial charge is 0.487 e. The van der Waals surface area contributed by atoms with E-state index >= 15 is 0 Å². The maximum absolute atomic E-state index is 12.3. The lowest BCUT2D eigenvalue weighted by atomic mass is 10.2. The number of aromatic nitrogens is 4. The van der Waals surface area contributed by atoms with Gasteiger partial charge in [-0.15, -0.1) is 0 Å². The van der Waals surface area contributed by atoms with E-state index in [1.54, 1.807) is 18.2 Å². The number of nitrogens with zero attached hydrogens (tertiary/aromatic N) is 2. The predicted octanol–water partition coefficient (Wildman–Crippen LogP) is 2.47. The molecule has 0 spiro atoms. The molecule has 4 N–H and O–H groups in total. The number of H-pyrrole nitrogens is 2. The first kappa shape index (κ1) is 14.9. The van der Waals surface area contributed by atoms with Crippen molar-refractivity contribution in [3.63, 3.8) is 0 Å². The third-order valence-electron chi connectivity index (χ3n) is 3.85. The molecule has 0 bridgehead atoms. The normalized spacial score (nSPS) is 10.9. The molecule has 0 fully saturated rings. The lowest BCUT2D eigenvalue weighted by Gasteiger charge is -2.07. The number of benzene rings is 2. The first-order valence-electron chi connectivity index (χ1n) is 7.72. The Kier molecular flexibility index (Phi) is 3.66. The third kappa shape index (κ3) is 2.83. The molecule has 0 unspecified atom stereocenters. The van der Waals surface area contributed by atoms with E-state index in [1.165, 1.54) is 0 Å². The Balaban J connectivity index is 1.73. The number of hydrogen-bond donors (Lipinski definition) is 3. The van der Waals surface area contributed by atoms with Gasteiger partial charge in [-0.2, -0.15) is 5.10 Å². The highest BCUT2D eigenvalue weighted by Gasteiger charge is 2.17. The molecule has 0 radical (unpaired) electrons. The molecule has 2 aromatic heterocycles. The minimum Gasteiger partial charge on any atom is -0.487 e. The van der Waals surface area contributed by atoms with Crippen molar-refractivity contribution >= 4 is 16.7 Å². The molecule has 0 aliphatic carbocycles. The molecule has 0 atom stereocenters. The molecule has 2 heterocycles. The van der Waals surface area contributed by atoms with Crippen LogP contribution >= 0.6 is 0 Å². The van der Waals surface area contributed by atoms with Gasteiger partial charge < -0.3 is 15.5 Å². The van der Waals surface area contributed by atoms with E-state index in [4.69, 9.17) is 10.5 Å². The molecular formula is C18H15N5O2. The predicted molar refractivity (Wildman–Crippen MR) is 95.1 cm³/mol. The van der Waals surface area contributed by atoms with Gasteiger partial charge in [0.1, 0.15) is 18.2 Å². The molecule has 7 heteroatoms. The van der Waals surface area contributed by atoms with Crippen molar-refractivity contribution in [3.8, 4) is 17.1 Å². The zero-order valence-electron chi connectivity index (χ0n) is 13.2. The molecule has 25 heavy (non-hydrogen) atoms. The highest BCUT2D eigenvalue weighted by Crippen LogP contribution is 2.26. The molecular weight excluding hydrogens is 318 g/mol. The number of fused-ring (bicyclic) bond motifs is 1. The summed E-state index contributed by atoms with van der Waals surface area (Å²) in [4.78, 5) is 19.6. The Labute approximate surface area is 142 Å². The van der Waals surface area contributed by atoms with Gasteiger partial charge in [-0.3, -0.25) is 9.89 Å². The molecule has 124 valence electrons. The van der Waals surface area contributed by atoms with Crippen LogP contribution in [0.5, 0.6) is 5.75 Å². The van der Waals surface area contributed by atoms with Crippen LogP contribution in [0.25, 0.3) is 22.3 Å². The summed E-state index contributed by atoms with van der Waals surface area (Å²) in [6, 6.07) is 16.5. The van der Waals surface area contributed by atoms with E-state index in [0.29, 0.717) is 28.0 Å². The molecule has 0 saturated carbocycles. The summed E-state index contributed by atoms with van der Waals surface area (Å²) in [7, 11) is 0. The van der Waals surface area contributed by atoms with Crippen molar-refractivity contribution in [1.82, 2.24) is 20.2 Å². The van der Waals surface area contributed by atoms with Crippen LogP contribution in [-0.2, 0) is 6.61 Å². The zero-order chi connectivity index (χ0) is 17.2. The summed E-state index contributed by atoms with van der Waals surface area (Å²) in [5.41, 5.74) is 7.52. The lowest BCUT2D eigenvalue weighted by molar-refractivity contribution is 0.301. The Hall–Kier alpha value is -3.61. The van der Waals surface area contributed by atoms with Crippen LogP contribution < -0.4 is 16.0 Å². The third-order valence-corrected chi connectivity index (χ3v) is 3.85. The van der Waals surface area contributed by atoms with E-state index in [1.807, 2.05) is 36.4 Å². The van der Waals surface area contributed by atoms with Crippen LogP contribution in [0.1, 0.15) is 5.69 Å². The van der Waals surface area contributed by atoms with Crippen LogP contribution in [0.4, 0.5) is 5.82 Å². The highest BCUT2D eigenvalue weighted by atomic mass is 16.5. The number of ether oxygens (including phenoxy) is 1. The summed E-state index contributed by atoms with van der Waals surface area (Å²) in [5, 5.41) is 7.40. The standard InChI is InChI=1S/C18H15N5O2/c19-16-15(14(22-23-16)10-25-11-6-2-1-3-7-11)17-20-13-9-5-4-8-12(13)18(24)21-17/h1-9H,10H2,(H3,19,22,23)(H,20,21,24). The maximum Gasteiger partial charge on any atom is 0.259 e. The molecule has 4 aromatic rings. The average molecular weight is 333 g/mol. The number of nitrogens with two attached hydrogens (primary N) is 1. The monoisotopic (exact) mass is 333 g/mol. The van der Waals surface area contributed by atoms with Gasteiger partial charge in [0.05, 0.1) is 22.2 Å². The lowest BCUT2D eigenvalue weighted by Crippen LogP contribution is -2.10. The zero-order valence-corrected chi connectivity index (χ0v) is 13.2. The van der Waals surface area contributed by atoms with E-state index in [0.717, 1.165) is 5.75 Å². The van der Waals surface area contributed by atoms with Gasteiger partial charge in [0.2, 0.25) is 0 Å². The minimum atomic E-state index is -0.226. The Morgan fingerprint density at radius 3 is 2.64 bits per heavy atom. The van der Waals surface area contributed by atoms with Crippen LogP contribution in [0, 0.1) is 0 Å². The topological polar surface area (TPSA) is 110 Å². The number of rotatable bonds is 4. The molecule has 0 aliphatic rings. The van der Waals surface area contributed by atoms with Gasteiger partial charge in [0.25, 0.3) is 5.56 Å². The first-order chi connectivity index (χ1) is 12.2. The molecule has 7 nitrogen and oxygen atoms in total. The van der Waals surface area contributed by atoms with Crippen molar-refractivity contribution in [2.75, 3.05) is 5.73 Å². The Bertz CT molecular complexity index is 1090. The fourth-order valence-electron chi connectivity index (χ4n) is 2.64. The van der Waals surface area contributed by atoms with Crippen molar-refractivity contribution in [2.45, 2.75) is 6.61 Å². The maximum atomic E-state index is 12.3. The highest BCUT2D eigenvalue weighted by molar-refractivity contribution is 5.81. The number of nitrogen functional groups attached to an aromatic ring is 1. The number of hydrogen-bond acceptors (Lipinski definition) is 5. The second kappa shape index (κ2) is 6.12. The first-order valence-corrected chi connectivity index (χ1v) is 7.72. The van der Waals surface area contributed by atoms with Gasteiger partial charge in [-0.05, 0) is 24.3 Å². The molecule has 0 saturated heterocycles. The van der Waals surface area contributed by atoms with E-state index in [2.05, 4.69) is 20.2 Å². The van der Waals surface area contributed by atoms with Gasteiger partial charge in [0.15, 0.2) is 5.82 Å². The van der Waals surface area contributed by atoms with Gasteiger partial charge in [0, 0.05) is 0 Å². The summed E-state index contributed by atoms with van der Waals surface area (Å²) in [6.45, 7) is 0.222. The fraction of sp³-hybridized carbons (Fsp3) is 0.0556. The molecule has 4 rings (SSSR count). The SMILES string of the molecule is Nc1n[nH]c(COc2ccccc2)c1-c1nc2ccccc2c(=O)[nH]1. The number of anilines is 1. The molecule has 0 aliphatic heterocycles. The second-order valence-electron chi connectivity index (χ2n) is 5.50. The van der Waals surface area contributed by atoms with Crippen molar-refractivity contribution in [2.24, 2.45) is 0 Å².